The predicted molar refractivity (Wildman–Crippen MR) is 90.5 cm³/mol. The molecule has 27 heavy (non-hydrogen) atoms. The quantitative estimate of drug-likeness (QED) is 0.401. The first-order chi connectivity index (χ1) is 12.6. The molecule has 0 aromatic carbocycles. The van der Waals surface area contributed by atoms with Crippen molar-refractivity contribution in [3.8, 4) is 0 Å². The number of carbonyl (C=O) groups is 2. The normalized spacial score (nSPS) is 50.0. The molecule has 4 aliphatic rings. The lowest BCUT2D eigenvalue weighted by atomic mass is 9.51. The molecule has 2 heterocycles. The summed E-state index contributed by atoms with van der Waals surface area (Å²) >= 11 is 0. The summed E-state index contributed by atoms with van der Waals surface area (Å²) in [6, 6.07) is 0. The molecule has 8 atom stereocenters. The second-order valence-corrected chi connectivity index (χ2v) is 8.44. The Bertz CT molecular complexity index is 712. The second-order valence-electron chi connectivity index (χ2n) is 8.44. The number of hydrogen-bond donors (Lipinski definition) is 2. The lowest BCUT2D eigenvalue weighted by Gasteiger charge is -2.58. The summed E-state index contributed by atoms with van der Waals surface area (Å²) in [6.45, 7) is 6.67. The molecule has 1 saturated carbocycles. The van der Waals surface area contributed by atoms with E-state index in [2.05, 4.69) is 0 Å². The van der Waals surface area contributed by atoms with E-state index >= 15 is 0 Å². The van der Waals surface area contributed by atoms with Crippen LogP contribution in [0.4, 0.5) is 0 Å². The van der Waals surface area contributed by atoms with Crippen LogP contribution in [-0.2, 0) is 28.5 Å². The van der Waals surface area contributed by atoms with Gasteiger partial charge in [0.1, 0.15) is 30.5 Å². The number of esters is 2. The Morgan fingerprint density at radius 1 is 1.30 bits per heavy atom. The highest BCUT2D eigenvalue weighted by atomic mass is 16.6. The monoisotopic (exact) mass is 382 g/mol. The van der Waals surface area contributed by atoms with Crippen LogP contribution in [0.3, 0.4) is 0 Å². The van der Waals surface area contributed by atoms with Crippen LogP contribution in [0.1, 0.15) is 34.1 Å². The molecule has 2 saturated heterocycles. The van der Waals surface area contributed by atoms with Gasteiger partial charge in [0.15, 0.2) is 0 Å². The summed E-state index contributed by atoms with van der Waals surface area (Å²) in [4.78, 5) is 23.2. The molecule has 0 radical (unpaired) electrons. The van der Waals surface area contributed by atoms with Crippen molar-refractivity contribution in [2.45, 2.75) is 70.2 Å². The first-order valence-corrected chi connectivity index (χ1v) is 9.23. The smallest absolute Gasteiger partial charge is 0.303 e. The van der Waals surface area contributed by atoms with Crippen molar-refractivity contribution in [1.82, 2.24) is 0 Å². The standard InChI is InChI=1S/C19H26O8/c1-9-5-13-18(7-24-10(2)20,6-12(9)26-11(3)21)17(4)15(23)14(22)16(27-13)19(17)8-25-19/h5,12-16,22-23H,6-8H2,1-4H3/t12?,13?,14?,15-,16+,17+,18?,19-/m1/s1. The van der Waals surface area contributed by atoms with Gasteiger partial charge in [0.25, 0.3) is 0 Å². The van der Waals surface area contributed by atoms with Gasteiger partial charge in [-0.25, -0.2) is 0 Å². The van der Waals surface area contributed by atoms with Crippen molar-refractivity contribution in [2.24, 2.45) is 10.8 Å². The minimum Gasteiger partial charge on any atom is -0.465 e. The Morgan fingerprint density at radius 2 is 1.96 bits per heavy atom. The SMILES string of the molecule is CC(=O)OCC12CC(OC(C)=O)C(C)=CC1O[C@H]1C(O)[C@@H](O)[C@]2(C)[C@@]12CO2. The molecule has 0 amide bonds. The molecule has 2 bridgehead atoms. The molecule has 0 aromatic heterocycles. The summed E-state index contributed by atoms with van der Waals surface area (Å²) in [6.07, 6.45) is -1.81. The van der Waals surface area contributed by atoms with Crippen molar-refractivity contribution in [2.75, 3.05) is 13.2 Å². The van der Waals surface area contributed by atoms with Gasteiger partial charge in [0.2, 0.25) is 0 Å². The van der Waals surface area contributed by atoms with Gasteiger partial charge < -0.3 is 29.2 Å². The summed E-state index contributed by atoms with van der Waals surface area (Å²) in [5.74, 6) is -0.874. The number of hydrogen-bond acceptors (Lipinski definition) is 8. The third-order valence-electron chi connectivity index (χ3n) is 7.20. The first-order valence-electron chi connectivity index (χ1n) is 9.23. The van der Waals surface area contributed by atoms with E-state index < -0.39 is 58.9 Å². The zero-order valence-corrected chi connectivity index (χ0v) is 15.9. The number of rotatable bonds is 3. The maximum absolute atomic E-state index is 11.6. The first kappa shape index (κ1) is 18.9. The molecule has 1 spiro atoms. The van der Waals surface area contributed by atoms with Gasteiger partial charge in [-0.15, -0.1) is 0 Å². The molecular formula is C19H26O8. The average Bonchev–Trinajstić information content (AvgIpc) is 3.37. The molecule has 2 aliphatic heterocycles. The number of ether oxygens (including phenoxy) is 4. The number of carbonyl (C=O) groups excluding carboxylic acids is 2. The van der Waals surface area contributed by atoms with Gasteiger partial charge in [0.05, 0.1) is 18.8 Å². The minimum absolute atomic E-state index is 0.0351. The zero-order valence-electron chi connectivity index (χ0n) is 15.9. The molecule has 3 fully saturated rings. The van der Waals surface area contributed by atoms with E-state index in [1.807, 2.05) is 19.9 Å². The van der Waals surface area contributed by atoms with Crippen LogP contribution in [0.25, 0.3) is 0 Å². The molecule has 4 unspecified atom stereocenters. The second kappa shape index (κ2) is 5.76. The van der Waals surface area contributed by atoms with Gasteiger partial charge in [-0.2, -0.15) is 0 Å². The van der Waals surface area contributed by atoms with E-state index in [-0.39, 0.29) is 6.61 Å². The number of fused-ring (bicyclic) bond motifs is 2. The highest BCUT2D eigenvalue weighted by Gasteiger charge is 2.85. The zero-order chi connectivity index (χ0) is 19.8. The van der Waals surface area contributed by atoms with Crippen LogP contribution < -0.4 is 0 Å². The maximum Gasteiger partial charge on any atom is 0.303 e. The summed E-state index contributed by atoms with van der Waals surface area (Å²) in [7, 11) is 0. The lowest BCUT2D eigenvalue weighted by Crippen LogP contribution is -2.67. The molecular weight excluding hydrogens is 356 g/mol. The van der Waals surface area contributed by atoms with Crippen molar-refractivity contribution in [1.29, 1.82) is 0 Å². The summed E-state index contributed by atoms with van der Waals surface area (Å²) in [5.41, 5.74) is -1.88. The predicted octanol–water partition coefficient (Wildman–Crippen LogP) is 0.0957. The van der Waals surface area contributed by atoms with Gasteiger partial charge in [0, 0.05) is 31.1 Å². The fraction of sp³-hybridized carbons (Fsp3) is 0.789. The van der Waals surface area contributed by atoms with Crippen LogP contribution >= 0.6 is 0 Å². The van der Waals surface area contributed by atoms with E-state index in [4.69, 9.17) is 18.9 Å². The third kappa shape index (κ3) is 2.24. The molecule has 8 nitrogen and oxygen atoms in total. The molecule has 8 heteroatoms. The Morgan fingerprint density at radius 3 is 2.52 bits per heavy atom. The number of aliphatic hydroxyl groups excluding tert-OH is 2. The maximum atomic E-state index is 11.6. The molecule has 2 N–H and O–H groups in total. The fourth-order valence-electron chi connectivity index (χ4n) is 5.58. The van der Waals surface area contributed by atoms with Crippen LogP contribution in [-0.4, -0.2) is 71.5 Å². The van der Waals surface area contributed by atoms with Crippen LogP contribution in [0.2, 0.25) is 0 Å². The van der Waals surface area contributed by atoms with Crippen LogP contribution in [0, 0.1) is 10.8 Å². The van der Waals surface area contributed by atoms with Crippen LogP contribution in [0.15, 0.2) is 11.6 Å². The Balaban J connectivity index is 1.84. The van der Waals surface area contributed by atoms with E-state index in [1.165, 1.54) is 13.8 Å². The average molecular weight is 382 g/mol. The minimum atomic E-state index is -1.13. The van der Waals surface area contributed by atoms with E-state index in [9.17, 15) is 19.8 Å². The summed E-state index contributed by atoms with van der Waals surface area (Å²) < 4.78 is 22.9. The fourth-order valence-corrected chi connectivity index (χ4v) is 5.58. The lowest BCUT2D eigenvalue weighted by molar-refractivity contribution is -0.238. The Hall–Kier alpha value is -1.48. The van der Waals surface area contributed by atoms with Crippen LogP contribution in [0.5, 0.6) is 0 Å². The van der Waals surface area contributed by atoms with Crippen molar-refractivity contribution >= 4 is 11.9 Å². The van der Waals surface area contributed by atoms with Gasteiger partial charge in [-0.3, -0.25) is 9.59 Å². The Kier molecular flexibility index (Phi) is 4.03. The van der Waals surface area contributed by atoms with Crippen molar-refractivity contribution < 1.29 is 38.7 Å². The van der Waals surface area contributed by atoms with E-state index in [0.29, 0.717) is 13.0 Å². The number of aliphatic hydroxyl groups is 2. The van der Waals surface area contributed by atoms with Gasteiger partial charge in [-0.1, -0.05) is 13.0 Å². The van der Waals surface area contributed by atoms with Gasteiger partial charge >= 0.3 is 11.9 Å². The topological polar surface area (TPSA) is 115 Å². The van der Waals surface area contributed by atoms with E-state index in [1.54, 1.807) is 0 Å². The molecule has 4 rings (SSSR count). The summed E-state index contributed by atoms with van der Waals surface area (Å²) in [5, 5.41) is 21.7. The largest absolute Gasteiger partial charge is 0.465 e. The van der Waals surface area contributed by atoms with E-state index in [0.717, 1.165) is 5.57 Å². The molecule has 0 aromatic rings. The highest BCUT2D eigenvalue weighted by Crippen LogP contribution is 2.71. The third-order valence-corrected chi connectivity index (χ3v) is 7.20. The van der Waals surface area contributed by atoms with Gasteiger partial charge in [-0.05, 0) is 12.5 Å². The molecule has 150 valence electrons. The van der Waals surface area contributed by atoms with Crippen molar-refractivity contribution in [3.05, 3.63) is 11.6 Å². The molecule has 2 aliphatic carbocycles. The highest BCUT2D eigenvalue weighted by molar-refractivity contribution is 5.67. The van der Waals surface area contributed by atoms with Crippen molar-refractivity contribution in [3.63, 3.8) is 0 Å². The Labute approximate surface area is 157 Å². The number of epoxide rings is 1.